The molecule has 7 nitrogen and oxygen atoms in total. The molecule has 0 saturated carbocycles. The van der Waals surface area contributed by atoms with E-state index in [2.05, 4.69) is 5.32 Å². The molecule has 0 aromatic heterocycles. The maximum absolute atomic E-state index is 13.8. The fourth-order valence-electron chi connectivity index (χ4n) is 3.85. The minimum atomic E-state index is -4.23. The molecule has 0 aliphatic heterocycles. The molecule has 3 rings (SSSR count). The number of nitrogens with zero attached hydrogens (tertiary/aromatic N) is 2. The first-order chi connectivity index (χ1) is 17.5. The maximum atomic E-state index is 13.8. The molecule has 0 bridgehead atoms. The zero-order valence-corrected chi connectivity index (χ0v) is 22.3. The molecule has 1 atom stereocenters. The van der Waals surface area contributed by atoms with Crippen molar-refractivity contribution in [1.82, 2.24) is 10.2 Å². The van der Waals surface area contributed by atoms with Crippen LogP contribution in [0.5, 0.6) is 0 Å². The number of anilines is 1. The van der Waals surface area contributed by atoms with Crippen molar-refractivity contribution in [3.8, 4) is 0 Å². The van der Waals surface area contributed by atoms with Crippen molar-refractivity contribution in [1.29, 1.82) is 0 Å². The van der Waals surface area contributed by atoms with Gasteiger partial charge in [0.15, 0.2) is 0 Å². The summed E-state index contributed by atoms with van der Waals surface area (Å²) >= 11 is 0. The van der Waals surface area contributed by atoms with E-state index in [1.54, 1.807) is 38.1 Å². The number of halogens is 1. The number of aryl methyl sites for hydroxylation is 2. The third kappa shape index (κ3) is 6.74. The van der Waals surface area contributed by atoms with Crippen LogP contribution in [-0.2, 0) is 26.2 Å². The molecule has 9 heteroatoms. The molecule has 37 heavy (non-hydrogen) atoms. The summed E-state index contributed by atoms with van der Waals surface area (Å²) in [5.74, 6) is -1.46. The first kappa shape index (κ1) is 27.9. The van der Waals surface area contributed by atoms with Crippen LogP contribution in [0.1, 0.15) is 30.5 Å². The van der Waals surface area contributed by atoms with Gasteiger partial charge in [-0.15, -0.1) is 0 Å². The molecule has 0 aliphatic carbocycles. The van der Waals surface area contributed by atoms with Crippen LogP contribution in [0.4, 0.5) is 10.1 Å². The van der Waals surface area contributed by atoms with Crippen molar-refractivity contribution in [2.45, 2.75) is 45.2 Å². The number of likely N-dealkylation sites (N-methyl/N-ethyl adjacent to an activating group) is 1. The van der Waals surface area contributed by atoms with Gasteiger partial charge in [0.2, 0.25) is 11.8 Å². The number of carbonyl (C=O) groups is 2. The SMILES string of the molecule is CCNC(=O)C(C)N(Cc1ccccc1C)C(=O)CN(c1ccc(C)cc1)S(=O)(=O)c1ccc(F)cc1. The number of hydrogen-bond acceptors (Lipinski definition) is 4. The second kappa shape index (κ2) is 12.0. The lowest BCUT2D eigenvalue weighted by molar-refractivity contribution is -0.139. The Balaban J connectivity index is 2.03. The van der Waals surface area contributed by atoms with Gasteiger partial charge in [-0.2, -0.15) is 0 Å². The van der Waals surface area contributed by atoms with E-state index >= 15 is 0 Å². The van der Waals surface area contributed by atoms with Gasteiger partial charge in [-0.3, -0.25) is 13.9 Å². The molecule has 2 amide bonds. The summed E-state index contributed by atoms with van der Waals surface area (Å²) in [4.78, 5) is 27.7. The number of hydrogen-bond donors (Lipinski definition) is 1. The van der Waals surface area contributed by atoms with E-state index in [1.165, 1.54) is 17.0 Å². The zero-order valence-electron chi connectivity index (χ0n) is 21.4. The molecule has 3 aromatic carbocycles. The first-order valence-corrected chi connectivity index (χ1v) is 13.4. The summed E-state index contributed by atoms with van der Waals surface area (Å²) < 4.78 is 41.8. The van der Waals surface area contributed by atoms with Gasteiger partial charge in [-0.1, -0.05) is 42.0 Å². The molecule has 3 aromatic rings. The molecule has 0 saturated heterocycles. The smallest absolute Gasteiger partial charge is 0.264 e. The maximum Gasteiger partial charge on any atom is 0.264 e. The lowest BCUT2D eigenvalue weighted by Gasteiger charge is -2.32. The summed E-state index contributed by atoms with van der Waals surface area (Å²) in [7, 11) is -4.23. The normalized spacial score (nSPS) is 12.0. The lowest BCUT2D eigenvalue weighted by atomic mass is 10.1. The van der Waals surface area contributed by atoms with Gasteiger partial charge in [-0.25, -0.2) is 12.8 Å². The molecular formula is C28H32FN3O4S. The first-order valence-electron chi connectivity index (χ1n) is 12.0. The minimum absolute atomic E-state index is 0.127. The second-order valence-electron chi connectivity index (χ2n) is 8.82. The monoisotopic (exact) mass is 525 g/mol. The van der Waals surface area contributed by atoms with Crippen molar-refractivity contribution in [2.75, 3.05) is 17.4 Å². The van der Waals surface area contributed by atoms with E-state index < -0.39 is 34.3 Å². The van der Waals surface area contributed by atoms with Crippen LogP contribution in [-0.4, -0.2) is 44.3 Å². The Morgan fingerprint density at radius 3 is 2.16 bits per heavy atom. The van der Waals surface area contributed by atoms with E-state index in [0.717, 1.165) is 33.1 Å². The summed E-state index contributed by atoms with van der Waals surface area (Å²) in [5.41, 5.74) is 2.98. The summed E-state index contributed by atoms with van der Waals surface area (Å²) in [6, 6.07) is 17.8. The van der Waals surface area contributed by atoms with Crippen LogP contribution in [0.15, 0.2) is 77.7 Å². The molecule has 1 unspecified atom stereocenters. The van der Waals surface area contributed by atoms with E-state index in [-0.39, 0.29) is 23.0 Å². The Hall–Kier alpha value is -3.72. The Kier molecular flexibility index (Phi) is 9.04. The molecule has 0 fully saturated rings. The van der Waals surface area contributed by atoms with Crippen LogP contribution in [0, 0.1) is 19.7 Å². The average molecular weight is 526 g/mol. The minimum Gasteiger partial charge on any atom is -0.355 e. The van der Waals surface area contributed by atoms with Crippen molar-refractivity contribution in [2.24, 2.45) is 0 Å². The van der Waals surface area contributed by atoms with E-state index in [1.807, 2.05) is 38.1 Å². The molecule has 0 aliphatic rings. The molecule has 0 spiro atoms. The van der Waals surface area contributed by atoms with Gasteiger partial charge in [-0.05, 0) is 75.2 Å². The van der Waals surface area contributed by atoms with Crippen molar-refractivity contribution < 1.29 is 22.4 Å². The van der Waals surface area contributed by atoms with E-state index in [4.69, 9.17) is 0 Å². The number of amides is 2. The van der Waals surface area contributed by atoms with Gasteiger partial charge < -0.3 is 10.2 Å². The van der Waals surface area contributed by atoms with Crippen molar-refractivity contribution in [3.63, 3.8) is 0 Å². The summed E-state index contributed by atoms with van der Waals surface area (Å²) in [6.07, 6.45) is 0. The Bertz CT molecular complexity index is 1340. The van der Waals surface area contributed by atoms with E-state index in [9.17, 15) is 22.4 Å². The second-order valence-corrected chi connectivity index (χ2v) is 10.7. The molecule has 1 N–H and O–H groups in total. The third-order valence-corrected chi connectivity index (χ3v) is 7.91. The number of sulfonamides is 1. The highest BCUT2D eigenvalue weighted by atomic mass is 32.2. The van der Waals surface area contributed by atoms with Crippen LogP contribution in [0.2, 0.25) is 0 Å². The van der Waals surface area contributed by atoms with Gasteiger partial charge in [0.25, 0.3) is 10.0 Å². The predicted molar refractivity (Wildman–Crippen MR) is 142 cm³/mol. The third-order valence-electron chi connectivity index (χ3n) is 6.12. The van der Waals surface area contributed by atoms with Crippen molar-refractivity contribution in [3.05, 3.63) is 95.3 Å². The highest BCUT2D eigenvalue weighted by molar-refractivity contribution is 7.92. The average Bonchev–Trinajstić information content (AvgIpc) is 2.87. The van der Waals surface area contributed by atoms with Gasteiger partial charge in [0.05, 0.1) is 10.6 Å². The number of nitrogens with one attached hydrogen (secondary N) is 1. The fourth-order valence-corrected chi connectivity index (χ4v) is 5.26. The summed E-state index contributed by atoms with van der Waals surface area (Å²) in [5, 5.41) is 2.73. The fraction of sp³-hybridized carbons (Fsp3) is 0.286. The lowest BCUT2D eigenvalue weighted by Crippen LogP contribution is -2.51. The summed E-state index contributed by atoms with van der Waals surface area (Å²) in [6.45, 7) is 7.15. The molecule has 0 radical (unpaired) electrons. The highest BCUT2D eigenvalue weighted by Gasteiger charge is 2.32. The quantitative estimate of drug-likeness (QED) is 0.430. The van der Waals surface area contributed by atoms with Gasteiger partial charge >= 0.3 is 0 Å². The van der Waals surface area contributed by atoms with E-state index in [0.29, 0.717) is 6.54 Å². The highest BCUT2D eigenvalue weighted by Crippen LogP contribution is 2.25. The van der Waals surface area contributed by atoms with Crippen molar-refractivity contribution >= 4 is 27.5 Å². The Morgan fingerprint density at radius 1 is 0.946 bits per heavy atom. The zero-order chi connectivity index (χ0) is 27.2. The van der Waals surface area contributed by atoms with Gasteiger partial charge in [0, 0.05) is 13.1 Å². The Morgan fingerprint density at radius 2 is 1.57 bits per heavy atom. The number of rotatable bonds is 10. The number of carbonyl (C=O) groups excluding carboxylic acids is 2. The molecular weight excluding hydrogens is 493 g/mol. The van der Waals surface area contributed by atoms with Crippen LogP contribution >= 0.6 is 0 Å². The number of benzene rings is 3. The standard InChI is InChI=1S/C28H32FN3O4S/c1-5-30-28(34)22(4)31(18-23-9-7-6-8-21(23)3)27(33)19-32(25-14-10-20(2)11-15-25)37(35,36)26-16-12-24(29)13-17-26/h6-17,22H,5,18-19H2,1-4H3,(H,30,34). The predicted octanol–water partition coefficient (Wildman–Crippen LogP) is 4.19. The Labute approximate surface area is 218 Å². The largest absolute Gasteiger partial charge is 0.355 e. The van der Waals surface area contributed by atoms with Gasteiger partial charge in [0.1, 0.15) is 18.4 Å². The molecule has 0 heterocycles. The topological polar surface area (TPSA) is 86.8 Å². The van der Waals surface area contributed by atoms with Crippen LogP contribution in [0.3, 0.4) is 0 Å². The van der Waals surface area contributed by atoms with Crippen LogP contribution < -0.4 is 9.62 Å². The molecule has 196 valence electrons. The van der Waals surface area contributed by atoms with Crippen LogP contribution in [0.25, 0.3) is 0 Å².